The molecule has 0 spiro atoms. The van der Waals surface area contributed by atoms with Crippen LogP contribution in [0.3, 0.4) is 0 Å². The zero-order valence-corrected chi connectivity index (χ0v) is 22.2. The number of hydrogen-bond acceptors (Lipinski definition) is 5. The van der Waals surface area contributed by atoms with E-state index in [-0.39, 0.29) is 30.2 Å². The first kappa shape index (κ1) is 27.9. The molecule has 1 amide bonds. The Morgan fingerprint density at radius 3 is 2.32 bits per heavy atom. The molecule has 0 aromatic heterocycles. The van der Waals surface area contributed by atoms with Gasteiger partial charge in [0.15, 0.2) is 0 Å². The first-order chi connectivity index (χ1) is 17.5. The van der Waals surface area contributed by atoms with Gasteiger partial charge in [0, 0.05) is 17.5 Å². The van der Waals surface area contributed by atoms with Crippen molar-refractivity contribution in [2.24, 2.45) is 0 Å². The molecule has 3 rings (SSSR count). The maximum Gasteiger partial charge on any atom is 0.339 e. The Morgan fingerprint density at radius 1 is 1.03 bits per heavy atom. The number of benzene rings is 3. The second-order valence-electron chi connectivity index (χ2n) is 9.72. The number of hydrogen-bond donors (Lipinski definition) is 0. The average Bonchev–Trinajstić information content (AvgIpc) is 2.85. The Bertz CT molecular complexity index is 1280. The number of amides is 1. The van der Waals surface area contributed by atoms with E-state index in [2.05, 4.69) is 0 Å². The van der Waals surface area contributed by atoms with Gasteiger partial charge in [0.2, 0.25) is 5.91 Å². The molecule has 7 nitrogen and oxygen atoms in total. The summed E-state index contributed by atoms with van der Waals surface area (Å²) < 4.78 is 5.56. The van der Waals surface area contributed by atoms with Crippen molar-refractivity contribution < 1.29 is 19.2 Å². The highest BCUT2D eigenvalue weighted by atomic mass is 35.5. The zero-order valence-electron chi connectivity index (χ0n) is 21.5. The number of anilines is 1. The summed E-state index contributed by atoms with van der Waals surface area (Å²) in [6.07, 6.45) is 1.76. The molecular weight excluding hydrogens is 492 g/mol. The van der Waals surface area contributed by atoms with Crippen LogP contribution in [0.5, 0.6) is 0 Å². The fraction of sp³-hybridized carbons (Fsp3) is 0.310. The highest BCUT2D eigenvalue weighted by molar-refractivity contribution is 6.31. The predicted molar refractivity (Wildman–Crippen MR) is 146 cm³/mol. The third-order valence-electron chi connectivity index (χ3n) is 5.62. The van der Waals surface area contributed by atoms with Gasteiger partial charge in [0.25, 0.3) is 5.69 Å². The monoisotopic (exact) mass is 522 g/mol. The van der Waals surface area contributed by atoms with Crippen molar-refractivity contribution in [2.45, 2.75) is 59.1 Å². The van der Waals surface area contributed by atoms with E-state index < -0.39 is 16.5 Å². The lowest BCUT2D eigenvalue weighted by Gasteiger charge is -2.23. The van der Waals surface area contributed by atoms with E-state index in [9.17, 15) is 19.7 Å². The van der Waals surface area contributed by atoms with E-state index >= 15 is 0 Å². The van der Waals surface area contributed by atoms with E-state index in [0.29, 0.717) is 17.0 Å². The summed E-state index contributed by atoms with van der Waals surface area (Å²) in [5.74, 6) is -0.625. The van der Waals surface area contributed by atoms with E-state index in [1.54, 1.807) is 12.1 Å². The zero-order chi connectivity index (χ0) is 27.2. The summed E-state index contributed by atoms with van der Waals surface area (Å²) in [5.41, 5.74) is 2.13. The van der Waals surface area contributed by atoms with Gasteiger partial charge in [-0.2, -0.15) is 0 Å². The summed E-state index contributed by atoms with van der Waals surface area (Å²) in [6.45, 7) is 7.57. The first-order valence-electron chi connectivity index (χ1n) is 12.2. The van der Waals surface area contributed by atoms with E-state index in [0.717, 1.165) is 23.1 Å². The number of halogens is 1. The number of carbonyl (C=O) groups is 2. The van der Waals surface area contributed by atoms with Crippen molar-refractivity contribution in [2.75, 3.05) is 4.90 Å². The standard InChI is InChI=1S/C29H31ClN2O5/c1-5-6-11-27(33)31(26-18-22(30)16-17-25(26)32(35)36)19-20-12-14-21(15-13-20)23-9-7-8-10-24(23)28(34)37-29(2,3)4/h7-10,12-18H,5-6,11,19H2,1-4H3. The molecule has 0 unspecified atom stereocenters. The minimum atomic E-state index is -0.620. The molecule has 0 heterocycles. The van der Waals surface area contributed by atoms with Gasteiger partial charge in [-0.05, 0) is 62.1 Å². The number of nitro groups is 1. The number of nitrogens with zero attached hydrogens (tertiary/aromatic N) is 2. The van der Waals surface area contributed by atoms with Gasteiger partial charge in [-0.3, -0.25) is 14.9 Å². The molecule has 3 aromatic carbocycles. The van der Waals surface area contributed by atoms with Crippen molar-refractivity contribution >= 4 is 34.9 Å². The maximum absolute atomic E-state index is 13.1. The van der Waals surface area contributed by atoms with Crippen LogP contribution in [0.2, 0.25) is 5.02 Å². The van der Waals surface area contributed by atoms with Crippen LogP contribution in [0.1, 0.15) is 62.9 Å². The van der Waals surface area contributed by atoms with Crippen LogP contribution in [0.4, 0.5) is 11.4 Å². The number of unbranched alkanes of at least 4 members (excludes halogenated alkanes) is 1. The molecule has 0 aliphatic heterocycles. The molecule has 0 radical (unpaired) electrons. The highest BCUT2D eigenvalue weighted by Crippen LogP contribution is 2.33. The van der Waals surface area contributed by atoms with Gasteiger partial charge in [-0.1, -0.05) is 67.4 Å². The highest BCUT2D eigenvalue weighted by Gasteiger charge is 2.25. The van der Waals surface area contributed by atoms with Crippen molar-refractivity contribution in [1.29, 1.82) is 0 Å². The molecule has 0 fully saturated rings. The number of rotatable bonds is 9. The summed E-state index contributed by atoms with van der Waals surface area (Å²) in [5, 5.41) is 12.0. The SMILES string of the molecule is CCCCC(=O)N(Cc1ccc(-c2ccccc2C(=O)OC(C)(C)C)cc1)c1cc(Cl)ccc1[N+](=O)[O-]. The van der Waals surface area contributed by atoms with Crippen LogP contribution in [0.25, 0.3) is 11.1 Å². The fourth-order valence-electron chi connectivity index (χ4n) is 3.86. The third-order valence-corrected chi connectivity index (χ3v) is 5.86. The van der Waals surface area contributed by atoms with Crippen molar-refractivity contribution in [3.05, 3.63) is 93.0 Å². The van der Waals surface area contributed by atoms with Crippen LogP contribution < -0.4 is 4.90 Å². The molecule has 0 N–H and O–H groups in total. The summed E-state index contributed by atoms with van der Waals surface area (Å²) >= 11 is 6.15. The van der Waals surface area contributed by atoms with Crippen molar-refractivity contribution in [3.63, 3.8) is 0 Å². The van der Waals surface area contributed by atoms with Crippen molar-refractivity contribution in [1.82, 2.24) is 0 Å². The maximum atomic E-state index is 13.1. The summed E-state index contributed by atoms with van der Waals surface area (Å²) in [6, 6.07) is 18.8. The lowest BCUT2D eigenvalue weighted by molar-refractivity contribution is -0.384. The van der Waals surface area contributed by atoms with Gasteiger partial charge in [0.1, 0.15) is 11.3 Å². The number of nitro benzene ring substituents is 1. The normalized spacial score (nSPS) is 11.2. The summed E-state index contributed by atoms with van der Waals surface area (Å²) in [7, 11) is 0. The Labute approximate surface area is 222 Å². The predicted octanol–water partition coefficient (Wildman–Crippen LogP) is 7.59. The van der Waals surface area contributed by atoms with Crippen LogP contribution >= 0.6 is 11.6 Å². The number of ether oxygens (including phenoxy) is 1. The van der Waals surface area contributed by atoms with Crippen LogP contribution in [-0.4, -0.2) is 22.4 Å². The molecule has 8 heteroatoms. The van der Waals surface area contributed by atoms with Crippen LogP contribution in [0.15, 0.2) is 66.7 Å². The molecule has 3 aromatic rings. The van der Waals surface area contributed by atoms with E-state index in [1.807, 2.05) is 64.1 Å². The van der Waals surface area contributed by atoms with E-state index in [4.69, 9.17) is 16.3 Å². The minimum absolute atomic E-state index is 0.137. The van der Waals surface area contributed by atoms with Gasteiger partial charge >= 0.3 is 5.97 Å². The molecule has 37 heavy (non-hydrogen) atoms. The Morgan fingerprint density at radius 2 is 1.70 bits per heavy atom. The molecule has 0 saturated heterocycles. The van der Waals surface area contributed by atoms with Gasteiger partial charge in [0.05, 0.1) is 17.0 Å². The quantitative estimate of drug-likeness (QED) is 0.164. The Hall–Kier alpha value is -3.71. The largest absolute Gasteiger partial charge is 0.456 e. The molecule has 0 aliphatic rings. The lowest BCUT2D eigenvalue weighted by atomic mass is 9.98. The van der Waals surface area contributed by atoms with Gasteiger partial charge in [-0.25, -0.2) is 4.79 Å². The van der Waals surface area contributed by atoms with E-state index in [1.165, 1.54) is 23.1 Å². The minimum Gasteiger partial charge on any atom is -0.456 e. The topological polar surface area (TPSA) is 89.8 Å². The Kier molecular flexibility index (Phi) is 9.05. The molecule has 0 aliphatic carbocycles. The molecule has 0 atom stereocenters. The van der Waals surface area contributed by atoms with Crippen molar-refractivity contribution in [3.8, 4) is 11.1 Å². The van der Waals surface area contributed by atoms with Gasteiger partial charge in [-0.15, -0.1) is 0 Å². The fourth-order valence-corrected chi connectivity index (χ4v) is 4.02. The second-order valence-corrected chi connectivity index (χ2v) is 10.2. The molecular formula is C29H31ClN2O5. The lowest BCUT2D eigenvalue weighted by Crippen LogP contribution is -2.30. The summed E-state index contributed by atoms with van der Waals surface area (Å²) in [4.78, 5) is 38.5. The second kappa shape index (κ2) is 12.0. The van der Waals surface area contributed by atoms with Gasteiger partial charge < -0.3 is 9.64 Å². The third kappa shape index (κ3) is 7.40. The molecule has 0 saturated carbocycles. The first-order valence-corrected chi connectivity index (χ1v) is 12.5. The molecule has 0 bridgehead atoms. The number of esters is 1. The van der Waals surface area contributed by atoms with Crippen LogP contribution in [-0.2, 0) is 16.1 Å². The smallest absolute Gasteiger partial charge is 0.339 e. The molecule has 194 valence electrons. The average molecular weight is 523 g/mol. The van der Waals surface area contributed by atoms with Crippen LogP contribution in [0, 0.1) is 10.1 Å². The Balaban J connectivity index is 1.94. The number of carbonyl (C=O) groups excluding carboxylic acids is 2.